The average Bonchev–Trinajstić information content (AvgIpc) is 1.61. The van der Waals surface area contributed by atoms with Crippen molar-refractivity contribution in [1.82, 2.24) is 0 Å². The fourth-order valence-electron chi connectivity index (χ4n) is 0.142. The molecule has 0 aliphatic heterocycles. The van der Waals surface area contributed by atoms with Crippen LogP contribution in [0.25, 0.3) is 0 Å². The molecular formula is C4H9OS+. The highest BCUT2D eigenvalue weighted by Gasteiger charge is 1.79. The molecule has 0 N–H and O–H groups in total. The summed E-state index contributed by atoms with van der Waals surface area (Å²) in [5.41, 5.74) is 0. The molecule has 6 heavy (non-hydrogen) atoms. The van der Waals surface area contributed by atoms with Crippen LogP contribution in [0.5, 0.6) is 0 Å². The summed E-state index contributed by atoms with van der Waals surface area (Å²) < 4.78 is 4.51. The number of hydrogen-bond acceptors (Lipinski definition) is 2. The molecule has 0 spiro atoms. The van der Waals surface area contributed by atoms with Gasteiger partial charge in [-0.05, 0) is 6.26 Å². The van der Waals surface area contributed by atoms with E-state index < -0.39 is 0 Å². The summed E-state index contributed by atoms with van der Waals surface area (Å²) in [4.78, 5) is 0. The maximum atomic E-state index is 4.51. The van der Waals surface area contributed by atoms with Crippen LogP contribution in [0.2, 0.25) is 0 Å². The molecular weight excluding hydrogens is 96.1 g/mol. The molecule has 0 radical (unpaired) electrons. The minimum Gasteiger partial charge on any atom is -0.198 e. The van der Waals surface area contributed by atoms with Gasteiger partial charge in [-0.3, -0.25) is 0 Å². The predicted octanol–water partition coefficient (Wildman–Crippen LogP) is 1.16. The Morgan fingerprint density at radius 3 is 2.67 bits per heavy atom. The number of thioether (sulfide) groups is 1. The van der Waals surface area contributed by atoms with Crippen molar-refractivity contribution >= 4 is 11.8 Å². The largest absolute Gasteiger partial charge is 0.213 e. The van der Waals surface area contributed by atoms with Crippen LogP contribution >= 0.6 is 11.8 Å². The lowest BCUT2D eigenvalue weighted by molar-refractivity contribution is 0.265. The van der Waals surface area contributed by atoms with Crippen LogP contribution in [-0.2, 0) is 4.74 Å². The van der Waals surface area contributed by atoms with E-state index in [0.717, 1.165) is 12.4 Å². The molecule has 2 heteroatoms. The van der Waals surface area contributed by atoms with E-state index in [-0.39, 0.29) is 0 Å². The minimum atomic E-state index is 0.765. The number of rotatable bonds is 3. The lowest BCUT2D eigenvalue weighted by atomic mass is 10.9. The molecule has 0 aromatic heterocycles. The van der Waals surface area contributed by atoms with Crippen molar-refractivity contribution in [3.8, 4) is 0 Å². The monoisotopic (exact) mass is 105 g/mol. The highest BCUT2D eigenvalue weighted by atomic mass is 32.2. The van der Waals surface area contributed by atoms with E-state index in [2.05, 4.69) is 11.8 Å². The molecule has 0 rings (SSSR count). The van der Waals surface area contributed by atoms with Crippen molar-refractivity contribution in [2.75, 3.05) is 18.6 Å². The Morgan fingerprint density at radius 1 is 1.83 bits per heavy atom. The summed E-state index contributed by atoms with van der Waals surface area (Å²) in [5, 5.41) is 0. The number of hydrogen-bond donors (Lipinski definition) is 0. The Balaban J connectivity index is 2.34. The molecule has 0 aromatic rings. The summed E-state index contributed by atoms with van der Waals surface area (Å²) in [6.45, 7) is 0.765. The van der Waals surface area contributed by atoms with E-state index in [1.165, 1.54) is 0 Å². The normalized spacial score (nSPS) is 8.83. The first-order valence-corrected chi connectivity index (χ1v) is 3.17. The Hall–Kier alpha value is 0.180. The fraction of sp³-hybridized carbons (Fsp3) is 0.750. The molecule has 0 aromatic carbocycles. The highest BCUT2D eigenvalue weighted by molar-refractivity contribution is 7.98. The van der Waals surface area contributed by atoms with Gasteiger partial charge in [0.25, 0.3) is 0 Å². The van der Waals surface area contributed by atoms with Gasteiger partial charge in [0.2, 0.25) is 7.11 Å². The van der Waals surface area contributed by atoms with Gasteiger partial charge < -0.3 is 0 Å². The first-order valence-electron chi connectivity index (χ1n) is 1.77. The van der Waals surface area contributed by atoms with E-state index >= 15 is 0 Å². The third-order valence-electron chi connectivity index (χ3n) is 0.432. The quantitative estimate of drug-likeness (QED) is 0.393. The zero-order chi connectivity index (χ0) is 4.83. The molecule has 0 amide bonds. The van der Waals surface area contributed by atoms with Gasteiger partial charge in [0.05, 0.1) is 0 Å². The second-order valence-electron chi connectivity index (χ2n) is 0.901. The van der Waals surface area contributed by atoms with Crippen molar-refractivity contribution in [3.63, 3.8) is 0 Å². The van der Waals surface area contributed by atoms with Crippen molar-refractivity contribution in [1.29, 1.82) is 0 Å². The standard InChI is InChI=1S/C4H9OS/c1-5-3-4-6-2/h1,3-4H2,2H3/q+1. The van der Waals surface area contributed by atoms with Crippen molar-refractivity contribution in [2.24, 2.45) is 0 Å². The zero-order valence-electron chi connectivity index (χ0n) is 3.94. The van der Waals surface area contributed by atoms with Crippen LogP contribution in [0, 0.1) is 7.11 Å². The highest BCUT2D eigenvalue weighted by Crippen LogP contribution is 1.88. The van der Waals surface area contributed by atoms with E-state index in [4.69, 9.17) is 0 Å². The number of ether oxygens (including phenoxy) is 1. The molecule has 36 valence electrons. The van der Waals surface area contributed by atoms with Gasteiger partial charge in [0.15, 0.2) is 0 Å². The summed E-state index contributed by atoms with van der Waals surface area (Å²) in [6.07, 6.45) is 2.04. The molecule has 0 bridgehead atoms. The van der Waals surface area contributed by atoms with E-state index in [1.807, 2.05) is 6.26 Å². The first kappa shape index (κ1) is 6.18. The molecule has 0 aliphatic carbocycles. The molecule has 1 nitrogen and oxygen atoms in total. The molecule has 0 fully saturated rings. The second-order valence-corrected chi connectivity index (χ2v) is 1.89. The van der Waals surface area contributed by atoms with Gasteiger partial charge in [-0.15, -0.1) is 0 Å². The molecule has 0 saturated heterocycles. The minimum absolute atomic E-state index is 0.765. The van der Waals surface area contributed by atoms with Crippen LogP contribution in [0.15, 0.2) is 0 Å². The van der Waals surface area contributed by atoms with Crippen LogP contribution in [0.1, 0.15) is 0 Å². The van der Waals surface area contributed by atoms with E-state index in [9.17, 15) is 0 Å². The Labute approximate surface area is 43.1 Å². The van der Waals surface area contributed by atoms with Gasteiger partial charge in [-0.2, -0.15) is 16.5 Å². The maximum absolute atomic E-state index is 4.51. The third kappa shape index (κ3) is 4.18. The first-order chi connectivity index (χ1) is 2.91. The van der Waals surface area contributed by atoms with Crippen molar-refractivity contribution < 1.29 is 4.74 Å². The van der Waals surface area contributed by atoms with E-state index in [1.54, 1.807) is 11.8 Å². The van der Waals surface area contributed by atoms with Crippen molar-refractivity contribution in [2.45, 2.75) is 0 Å². The lowest BCUT2D eigenvalue weighted by Crippen LogP contribution is -1.86. The summed E-state index contributed by atoms with van der Waals surface area (Å²) in [6, 6.07) is 0. The maximum Gasteiger partial charge on any atom is 0.213 e. The summed E-state index contributed by atoms with van der Waals surface area (Å²) in [7, 11) is 3.21. The van der Waals surface area contributed by atoms with Gasteiger partial charge in [-0.1, -0.05) is 0 Å². The summed E-state index contributed by atoms with van der Waals surface area (Å²) in [5.74, 6) is 1.05. The van der Waals surface area contributed by atoms with Gasteiger partial charge >= 0.3 is 0 Å². The Bertz CT molecular complexity index is 19.5. The molecule has 0 saturated carbocycles. The SMILES string of the molecule is [CH2+]OCCSC. The molecule has 0 unspecified atom stereocenters. The van der Waals surface area contributed by atoms with Crippen molar-refractivity contribution in [3.05, 3.63) is 7.11 Å². The predicted molar refractivity (Wildman–Crippen MR) is 29.7 cm³/mol. The van der Waals surface area contributed by atoms with Gasteiger partial charge in [0.1, 0.15) is 6.61 Å². The summed E-state index contributed by atoms with van der Waals surface area (Å²) >= 11 is 1.76. The average molecular weight is 105 g/mol. The second kappa shape index (κ2) is 5.18. The Kier molecular flexibility index (Phi) is 5.34. The van der Waals surface area contributed by atoms with Gasteiger partial charge in [0, 0.05) is 5.75 Å². The van der Waals surface area contributed by atoms with Crippen LogP contribution < -0.4 is 0 Å². The topological polar surface area (TPSA) is 9.23 Å². The van der Waals surface area contributed by atoms with E-state index in [0.29, 0.717) is 0 Å². The van der Waals surface area contributed by atoms with Gasteiger partial charge in [-0.25, -0.2) is 0 Å². The van der Waals surface area contributed by atoms with Crippen LogP contribution in [-0.4, -0.2) is 18.6 Å². The fourth-order valence-corrected chi connectivity index (χ4v) is 0.427. The lowest BCUT2D eigenvalue weighted by Gasteiger charge is -1.83. The molecule has 0 heterocycles. The van der Waals surface area contributed by atoms with Crippen LogP contribution in [0.3, 0.4) is 0 Å². The molecule has 0 aliphatic rings. The zero-order valence-corrected chi connectivity index (χ0v) is 4.75. The Morgan fingerprint density at radius 2 is 2.50 bits per heavy atom. The smallest absolute Gasteiger partial charge is 0.198 e. The molecule has 0 atom stereocenters. The van der Waals surface area contributed by atoms with Crippen LogP contribution in [0.4, 0.5) is 0 Å². The third-order valence-corrected chi connectivity index (χ3v) is 1.01.